The third-order valence-electron chi connectivity index (χ3n) is 3.92. The predicted octanol–water partition coefficient (Wildman–Crippen LogP) is 5.24. The van der Waals surface area contributed by atoms with E-state index in [0.717, 1.165) is 25.3 Å². The summed E-state index contributed by atoms with van der Waals surface area (Å²) in [5.41, 5.74) is -0.129. The number of ether oxygens (including phenoxy) is 2. The van der Waals surface area contributed by atoms with Crippen LogP contribution in [0.5, 0.6) is 17.2 Å². The van der Waals surface area contributed by atoms with Gasteiger partial charge in [0.1, 0.15) is 5.75 Å². The number of hydrogen-bond acceptors (Lipinski definition) is 5. The summed E-state index contributed by atoms with van der Waals surface area (Å²) in [5.74, 6) is -0.0972. The summed E-state index contributed by atoms with van der Waals surface area (Å²) in [6.07, 6.45) is 2.88. The van der Waals surface area contributed by atoms with E-state index in [4.69, 9.17) is 9.47 Å². The Balaban J connectivity index is 2.14. The third kappa shape index (κ3) is 6.63. The highest BCUT2D eigenvalue weighted by Gasteiger charge is 2.15. The molecule has 9 heteroatoms. The molecule has 2 rings (SSSR count). The molecule has 2 N–H and O–H groups in total. The van der Waals surface area contributed by atoms with Crippen molar-refractivity contribution in [2.45, 2.75) is 33.1 Å². The minimum absolute atomic E-state index is 0.0440. The average molecular weight is 405 g/mol. The average Bonchev–Trinajstić information content (AvgIpc) is 2.69. The van der Waals surface area contributed by atoms with E-state index in [1.807, 2.05) is 0 Å². The quantitative estimate of drug-likeness (QED) is 0.320. The molecule has 0 aliphatic rings. The van der Waals surface area contributed by atoms with Crippen molar-refractivity contribution in [1.82, 2.24) is 5.32 Å². The number of nitro benzene ring substituents is 1. The molecular weight excluding hydrogens is 381 g/mol. The number of rotatable bonds is 10. The van der Waals surface area contributed by atoms with Crippen LogP contribution in [0.1, 0.15) is 33.1 Å². The first kappa shape index (κ1) is 21.9. The van der Waals surface area contributed by atoms with Gasteiger partial charge in [0, 0.05) is 30.8 Å². The van der Waals surface area contributed by atoms with Gasteiger partial charge in [-0.15, -0.1) is 0 Å². The topological polar surface area (TPSA) is 103 Å². The largest absolute Gasteiger partial charge is 0.490 e. The lowest BCUT2D eigenvalue weighted by atomic mass is 10.2. The van der Waals surface area contributed by atoms with E-state index in [2.05, 4.69) is 17.6 Å². The maximum Gasteiger partial charge on any atom is 0.319 e. The molecule has 0 saturated carbocycles. The zero-order chi connectivity index (χ0) is 21.2. The van der Waals surface area contributed by atoms with Gasteiger partial charge in [0.05, 0.1) is 17.2 Å². The van der Waals surface area contributed by atoms with Crippen molar-refractivity contribution in [2.75, 3.05) is 18.5 Å². The fraction of sp³-hybridized carbons (Fsp3) is 0.350. The van der Waals surface area contributed by atoms with Crippen LogP contribution >= 0.6 is 0 Å². The van der Waals surface area contributed by atoms with E-state index >= 15 is 0 Å². The zero-order valence-corrected chi connectivity index (χ0v) is 16.4. The summed E-state index contributed by atoms with van der Waals surface area (Å²) in [5, 5.41) is 15.9. The van der Waals surface area contributed by atoms with Crippen molar-refractivity contribution in [2.24, 2.45) is 0 Å². The molecule has 156 valence electrons. The van der Waals surface area contributed by atoms with Crippen molar-refractivity contribution in [3.05, 3.63) is 52.3 Å². The lowest BCUT2D eigenvalue weighted by Crippen LogP contribution is -2.29. The van der Waals surface area contributed by atoms with E-state index in [-0.39, 0.29) is 28.6 Å². The Morgan fingerprint density at radius 2 is 1.86 bits per heavy atom. The molecule has 0 saturated heterocycles. The zero-order valence-electron chi connectivity index (χ0n) is 16.4. The van der Waals surface area contributed by atoms with Gasteiger partial charge in [-0.25, -0.2) is 9.18 Å². The lowest BCUT2D eigenvalue weighted by molar-refractivity contribution is -0.384. The molecule has 0 spiro atoms. The van der Waals surface area contributed by atoms with Crippen LogP contribution in [0.3, 0.4) is 0 Å². The van der Waals surface area contributed by atoms with Crippen molar-refractivity contribution in [3.8, 4) is 17.2 Å². The van der Waals surface area contributed by atoms with E-state index in [1.54, 1.807) is 6.92 Å². The van der Waals surface area contributed by atoms with E-state index in [0.29, 0.717) is 13.2 Å². The second-order valence-corrected chi connectivity index (χ2v) is 6.15. The molecule has 0 bridgehead atoms. The van der Waals surface area contributed by atoms with E-state index < -0.39 is 16.8 Å². The maximum atomic E-state index is 14.5. The van der Waals surface area contributed by atoms with Gasteiger partial charge in [-0.2, -0.15) is 0 Å². The Kier molecular flexibility index (Phi) is 8.20. The van der Waals surface area contributed by atoms with Gasteiger partial charge in [0.2, 0.25) is 0 Å². The highest BCUT2D eigenvalue weighted by molar-refractivity contribution is 5.89. The number of non-ortho nitro benzene ring substituents is 1. The first-order valence-corrected chi connectivity index (χ1v) is 9.38. The number of unbranched alkanes of at least 4 members (excludes halogenated alkanes) is 2. The SMILES string of the molecule is CCCCCNC(=O)Nc1cc(OCC)c(Oc2ccc([N+](=O)[O-])cc2)cc1F. The first-order chi connectivity index (χ1) is 13.9. The maximum absolute atomic E-state index is 14.5. The van der Waals surface area contributed by atoms with Gasteiger partial charge in [-0.1, -0.05) is 19.8 Å². The summed E-state index contributed by atoms with van der Waals surface area (Å²) in [7, 11) is 0. The predicted molar refractivity (Wildman–Crippen MR) is 107 cm³/mol. The fourth-order valence-corrected chi connectivity index (χ4v) is 2.49. The van der Waals surface area contributed by atoms with Crippen LogP contribution in [0, 0.1) is 15.9 Å². The Hall–Kier alpha value is -3.36. The molecule has 0 heterocycles. The molecule has 0 radical (unpaired) electrons. The fourth-order valence-electron chi connectivity index (χ4n) is 2.49. The highest BCUT2D eigenvalue weighted by Crippen LogP contribution is 2.36. The van der Waals surface area contributed by atoms with Crippen LogP contribution in [0.2, 0.25) is 0 Å². The molecule has 0 aromatic heterocycles. The van der Waals surface area contributed by atoms with Crippen molar-refractivity contribution < 1.29 is 23.6 Å². The number of nitrogens with one attached hydrogen (secondary N) is 2. The monoisotopic (exact) mass is 405 g/mol. The molecule has 0 fully saturated rings. The van der Waals surface area contributed by atoms with Crippen molar-refractivity contribution in [3.63, 3.8) is 0 Å². The Morgan fingerprint density at radius 3 is 2.48 bits per heavy atom. The van der Waals surface area contributed by atoms with Crippen LogP contribution in [-0.2, 0) is 0 Å². The summed E-state index contributed by atoms with van der Waals surface area (Å²) in [6.45, 7) is 4.61. The molecule has 8 nitrogen and oxygen atoms in total. The number of anilines is 1. The van der Waals surface area contributed by atoms with Gasteiger partial charge in [0.25, 0.3) is 5.69 Å². The van der Waals surface area contributed by atoms with Crippen LogP contribution in [0.4, 0.5) is 20.6 Å². The van der Waals surface area contributed by atoms with Crippen molar-refractivity contribution >= 4 is 17.4 Å². The van der Waals surface area contributed by atoms with Crippen molar-refractivity contribution in [1.29, 1.82) is 0 Å². The second-order valence-electron chi connectivity index (χ2n) is 6.15. The van der Waals surface area contributed by atoms with E-state index in [1.165, 1.54) is 30.3 Å². The van der Waals surface area contributed by atoms with Crippen LogP contribution < -0.4 is 20.1 Å². The third-order valence-corrected chi connectivity index (χ3v) is 3.92. The molecule has 2 aromatic rings. The number of carbonyl (C=O) groups is 1. The minimum atomic E-state index is -0.700. The first-order valence-electron chi connectivity index (χ1n) is 9.38. The molecule has 0 unspecified atom stereocenters. The molecule has 0 atom stereocenters. The summed E-state index contributed by atoms with van der Waals surface area (Å²) >= 11 is 0. The molecule has 0 aliphatic carbocycles. The van der Waals surface area contributed by atoms with E-state index in [9.17, 15) is 19.3 Å². The van der Waals surface area contributed by atoms with Gasteiger partial charge in [-0.05, 0) is 25.5 Å². The summed E-state index contributed by atoms with van der Waals surface area (Å²) < 4.78 is 25.6. The molecule has 29 heavy (non-hydrogen) atoms. The van der Waals surface area contributed by atoms with Gasteiger partial charge in [-0.3, -0.25) is 10.1 Å². The molecule has 2 aromatic carbocycles. The normalized spacial score (nSPS) is 10.3. The molecular formula is C20H24FN3O5. The Morgan fingerprint density at radius 1 is 1.14 bits per heavy atom. The molecule has 0 aliphatic heterocycles. The Labute approximate surface area is 168 Å². The number of urea groups is 1. The smallest absolute Gasteiger partial charge is 0.319 e. The van der Waals surface area contributed by atoms with Crippen LogP contribution in [0.25, 0.3) is 0 Å². The van der Waals surface area contributed by atoms with Gasteiger partial charge in [0.15, 0.2) is 17.3 Å². The summed E-state index contributed by atoms with van der Waals surface area (Å²) in [6, 6.07) is 7.30. The number of carbonyl (C=O) groups excluding carboxylic acids is 1. The van der Waals surface area contributed by atoms with Crippen LogP contribution in [0.15, 0.2) is 36.4 Å². The number of benzene rings is 2. The number of amides is 2. The number of nitrogens with zero attached hydrogens (tertiary/aromatic N) is 1. The second kappa shape index (κ2) is 10.8. The number of halogens is 1. The lowest BCUT2D eigenvalue weighted by Gasteiger charge is -2.15. The minimum Gasteiger partial charge on any atom is -0.490 e. The summed E-state index contributed by atoms with van der Waals surface area (Å²) in [4.78, 5) is 22.2. The van der Waals surface area contributed by atoms with Crippen LogP contribution in [-0.4, -0.2) is 24.1 Å². The standard InChI is InChI=1S/C20H24FN3O5/c1-3-5-6-11-22-20(25)23-17-13-18(28-4-2)19(12-16(17)21)29-15-9-7-14(8-10-15)24(26)27/h7-10,12-13H,3-6,11H2,1-2H3,(H2,22,23,25). The van der Waals surface area contributed by atoms with Gasteiger partial charge >= 0.3 is 6.03 Å². The molecule has 2 amide bonds. The van der Waals surface area contributed by atoms with Gasteiger partial charge < -0.3 is 20.1 Å². The Bertz CT molecular complexity index is 843. The highest BCUT2D eigenvalue weighted by atomic mass is 19.1. The number of nitro groups is 1. The number of hydrogen-bond donors (Lipinski definition) is 2.